The van der Waals surface area contributed by atoms with Gasteiger partial charge in [0.15, 0.2) is 4.34 Å². The van der Waals surface area contributed by atoms with Crippen LogP contribution >= 0.6 is 34.9 Å². The van der Waals surface area contributed by atoms with E-state index >= 15 is 0 Å². The van der Waals surface area contributed by atoms with Gasteiger partial charge in [-0.2, -0.15) is 0 Å². The molecule has 0 bridgehead atoms. The van der Waals surface area contributed by atoms with Crippen molar-refractivity contribution in [3.63, 3.8) is 0 Å². The standard InChI is InChI=1S/C13H14FN3OS3/c1-2-19-13-17-16-12(21-13)15-11(18)7-8-20-10-5-3-9(14)4-6-10/h3-6H,2,7-8H2,1H3,(H,15,16,18). The van der Waals surface area contributed by atoms with Gasteiger partial charge in [0.25, 0.3) is 0 Å². The molecule has 0 fully saturated rings. The summed E-state index contributed by atoms with van der Waals surface area (Å²) in [5.74, 6) is 1.21. The van der Waals surface area contributed by atoms with Gasteiger partial charge in [-0.1, -0.05) is 30.0 Å². The first-order valence-electron chi connectivity index (χ1n) is 6.32. The maximum atomic E-state index is 12.7. The second-order valence-corrected chi connectivity index (χ2v) is 7.56. The second-order valence-electron chi connectivity index (χ2n) is 3.91. The van der Waals surface area contributed by atoms with Crippen molar-refractivity contribution in [2.24, 2.45) is 0 Å². The molecule has 0 unspecified atom stereocenters. The summed E-state index contributed by atoms with van der Waals surface area (Å²) >= 11 is 4.49. The minimum atomic E-state index is -0.255. The van der Waals surface area contributed by atoms with Crippen LogP contribution in [-0.4, -0.2) is 27.6 Å². The van der Waals surface area contributed by atoms with E-state index in [1.165, 1.54) is 35.2 Å². The van der Waals surface area contributed by atoms with Crippen LogP contribution in [0.5, 0.6) is 0 Å². The SMILES string of the molecule is CCSc1nnc(NC(=O)CCSc2ccc(F)cc2)s1. The largest absolute Gasteiger partial charge is 0.300 e. The van der Waals surface area contributed by atoms with Crippen LogP contribution in [0.3, 0.4) is 0 Å². The van der Waals surface area contributed by atoms with Crippen LogP contribution in [0.1, 0.15) is 13.3 Å². The number of aromatic nitrogens is 2. The molecule has 0 spiro atoms. The first kappa shape index (κ1) is 16.3. The first-order chi connectivity index (χ1) is 10.2. The number of carbonyl (C=O) groups excluding carboxylic acids is 1. The molecule has 4 nitrogen and oxygen atoms in total. The van der Waals surface area contributed by atoms with Crippen molar-refractivity contribution in [3.8, 4) is 0 Å². The average molecular weight is 343 g/mol. The number of amides is 1. The Balaban J connectivity index is 1.72. The van der Waals surface area contributed by atoms with E-state index < -0.39 is 0 Å². The predicted octanol–water partition coefficient (Wildman–Crippen LogP) is 3.91. The van der Waals surface area contributed by atoms with Crippen molar-refractivity contribution < 1.29 is 9.18 Å². The third-order valence-electron chi connectivity index (χ3n) is 2.33. The number of hydrogen-bond acceptors (Lipinski definition) is 6. The highest BCUT2D eigenvalue weighted by Crippen LogP contribution is 2.25. The van der Waals surface area contributed by atoms with E-state index in [0.717, 1.165) is 15.0 Å². The summed E-state index contributed by atoms with van der Waals surface area (Å²) in [6.07, 6.45) is 0.373. The highest BCUT2D eigenvalue weighted by atomic mass is 32.2. The number of nitrogens with zero attached hydrogens (tertiary/aromatic N) is 2. The number of benzene rings is 1. The van der Waals surface area contributed by atoms with Crippen LogP contribution < -0.4 is 5.32 Å². The number of halogens is 1. The Bertz CT molecular complexity index is 589. The summed E-state index contributed by atoms with van der Waals surface area (Å²) in [4.78, 5) is 12.7. The number of anilines is 1. The lowest BCUT2D eigenvalue weighted by molar-refractivity contribution is -0.115. The van der Waals surface area contributed by atoms with Crippen molar-refractivity contribution in [1.82, 2.24) is 10.2 Å². The third kappa shape index (κ3) is 5.64. The van der Waals surface area contributed by atoms with Crippen LogP contribution in [0.15, 0.2) is 33.5 Å². The zero-order valence-corrected chi connectivity index (χ0v) is 13.8. The molecule has 21 heavy (non-hydrogen) atoms. The molecular formula is C13H14FN3OS3. The number of thioether (sulfide) groups is 2. The fourth-order valence-electron chi connectivity index (χ4n) is 1.42. The summed E-state index contributed by atoms with van der Waals surface area (Å²) < 4.78 is 13.6. The lowest BCUT2D eigenvalue weighted by atomic mass is 10.4. The molecule has 1 aromatic heterocycles. The summed E-state index contributed by atoms with van der Waals surface area (Å²) in [5, 5.41) is 11.2. The van der Waals surface area contributed by atoms with Crippen LogP contribution in [-0.2, 0) is 4.79 Å². The van der Waals surface area contributed by atoms with Crippen molar-refractivity contribution in [1.29, 1.82) is 0 Å². The van der Waals surface area contributed by atoms with Crippen LogP contribution in [0.2, 0.25) is 0 Å². The number of nitrogens with one attached hydrogen (secondary N) is 1. The van der Waals surface area contributed by atoms with Gasteiger partial charge in [-0.25, -0.2) is 4.39 Å². The molecule has 0 radical (unpaired) electrons. The lowest BCUT2D eigenvalue weighted by Crippen LogP contribution is -2.11. The van der Waals surface area contributed by atoms with Crippen LogP contribution in [0, 0.1) is 5.82 Å². The topological polar surface area (TPSA) is 54.9 Å². The van der Waals surface area contributed by atoms with Gasteiger partial charge in [0, 0.05) is 17.1 Å². The molecule has 0 aliphatic heterocycles. The minimum absolute atomic E-state index is 0.0891. The molecular weight excluding hydrogens is 329 g/mol. The van der Waals surface area contributed by atoms with Gasteiger partial charge in [-0.05, 0) is 30.0 Å². The Kier molecular flexibility index (Phi) is 6.47. The third-order valence-corrected chi connectivity index (χ3v) is 5.20. The maximum absolute atomic E-state index is 12.7. The molecule has 8 heteroatoms. The molecule has 0 aliphatic carbocycles. The second kappa shape index (κ2) is 8.35. The highest BCUT2D eigenvalue weighted by molar-refractivity contribution is 8.01. The van der Waals surface area contributed by atoms with Gasteiger partial charge in [0.2, 0.25) is 11.0 Å². The molecule has 2 rings (SSSR count). The quantitative estimate of drug-likeness (QED) is 0.610. The summed E-state index contributed by atoms with van der Waals surface area (Å²) in [7, 11) is 0. The summed E-state index contributed by atoms with van der Waals surface area (Å²) in [6.45, 7) is 2.04. The van der Waals surface area contributed by atoms with E-state index in [1.807, 2.05) is 6.92 Å². The van der Waals surface area contributed by atoms with Crippen molar-refractivity contribution in [3.05, 3.63) is 30.1 Å². The van der Waals surface area contributed by atoms with Crippen LogP contribution in [0.25, 0.3) is 0 Å². The number of rotatable bonds is 7. The first-order valence-corrected chi connectivity index (χ1v) is 9.10. The van der Waals surface area contributed by atoms with E-state index in [4.69, 9.17) is 0 Å². The average Bonchev–Trinajstić information content (AvgIpc) is 2.89. The lowest BCUT2D eigenvalue weighted by Gasteiger charge is -2.02. The monoisotopic (exact) mass is 343 g/mol. The van der Waals surface area contributed by atoms with Gasteiger partial charge >= 0.3 is 0 Å². The Morgan fingerprint density at radius 1 is 1.29 bits per heavy atom. The van der Waals surface area contributed by atoms with E-state index in [9.17, 15) is 9.18 Å². The normalized spacial score (nSPS) is 10.6. The Morgan fingerprint density at radius 2 is 2.05 bits per heavy atom. The van der Waals surface area contributed by atoms with E-state index in [-0.39, 0.29) is 11.7 Å². The van der Waals surface area contributed by atoms with Crippen LogP contribution in [0.4, 0.5) is 9.52 Å². The number of hydrogen-bond donors (Lipinski definition) is 1. The molecule has 0 saturated carbocycles. The zero-order chi connectivity index (χ0) is 15.1. The minimum Gasteiger partial charge on any atom is -0.300 e. The van der Waals surface area contributed by atoms with Gasteiger partial charge in [-0.15, -0.1) is 22.0 Å². The van der Waals surface area contributed by atoms with E-state index in [1.54, 1.807) is 23.9 Å². The molecule has 1 N–H and O–H groups in total. The van der Waals surface area contributed by atoms with Gasteiger partial charge < -0.3 is 5.32 Å². The molecule has 1 aromatic carbocycles. The Labute approximate surface area is 134 Å². The van der Waals surface area contributed by atoms with E-state index in [0.29, 0.717) is 17.3 Å². The fourth-order valence-corrected chi connectivity index (χ4v) is 3.93. The van der Waals surface area contributed by atoms with Gasteiger partial charge in [-0.3, -0.25) is 4.79 Å². The summed E-state index contributed by atoms with van der Waals surface area (Å²) in [5.41, 5.74) is 0. The van der Waals surface area contributed by atoms with Crippen molar-refractivity contribution >= 4 is 45.9 Å². The highest BCUT2D eigenvalue weighted by Gasteiger charge is 2.08. The molecule has 2 aromatic rings. The predicted molar refractivity (Wildman–Crippen MR) is 86.7 cm³/mol. The van der Waals surface area contributed by atoms with Crippen molar-refractivity contribution in [2.75, 3.05) is 16.8 Å². The van der Waals surface area contributed by atoms with Gasteiger partial charge in [0.05, 0.1) is 0 Å². The molecule has 1 amide bonds. The van der Waals surface area contributed by atoms with E-state index in [2.05, 4.69) is 15.5 Å². The fraction of sp³-hybridized carbons (Fsp3) is 0.308. The maximum Gasteiger partial charge on any atom is 0.227 e. The molecule has 0 atom stereocenters. The Morgan fingerprint density at radius 3 is 2.76 bits per heavy atom. The smallest absolute Gasteiger partial charge is 0.227 e. The molecule has 112 valence electrons. The molecule has 0 saturated heterocycles. The zero-order valence-electron chi connectivity index (χ0n) is 11.3. The molecule has 1 heterocycles. The van der Waals surface area contributed by atoms with Gasteiger partial charge in [0.1, 0.15) is 5.82 Å². The number of carbonyl (C=O) groups is 1. The van der Waals surface area contributed by atoms with Crippen molar-refractivity contribution in [2.45, 2.75) is 22.6 Å². The summed E-state index contributed by atoms with van der Waals surface area (Å²) in [6, 6.07) is 6.24. The molecule has 0 aliphatic rings. The Hall–Kier alpha value is -1.12.